The van der Waals surface area contributed by atoms with E-state index in [0.29, 0.717) is 35.2 Å². The van der Waals surface area contributed by atoms with Crippen molar-refractivity contribution in [3.05, 3.63) is 58.8 Å². The van der Waals surface area contributed by atoms with Gasteiger partial charge in [-0.25, -0.2) is 9.67 Å². The van der Waals surface area contributed by atoms with Crippen molar-refractivity contribution in [2.24, 2.45) is 0 Å². The molecule has 4 aromatic rings. The number of hydrogen-bond donors (Lipinski definition) is 1. The van der Waals surface area contributed by atoms with E-state index in [0.717, 1.165) is 6.42 Å². The summed E-state index contributed by atoms with van der Waals surface area (Å²) in [7, 11) is 0. The summed E-state index contributed by atoms with van der Waals surface area (Å²) in [6, 6.07) is 5.13. The number of nitrogens with one attached hydrogen (secondary N) is 1. The third kappa shape index (κ3) is 6.56. The van der Waals surface area contributed by atoms with Crippen LogP contribution in [0.15, 0.2) is 30.3 Å². The van der Waals surface area contributed by atoms with Crippen LogP contribution in [0.1, 0.15) is 74.4 Å². The Kier molecular flexibility index (Phi) is 8.49. The number of benzene rings is 1. The van der Waals surface area contributed by atoms with Crippen molar-refractivity contribution in [3.8, 4) is 17.2 Å². The molecule has 8 nitrogen and oxygen atoms in total. The average Bonchev–Trinajstić information content (AvgIpc) is 3.64. The predicted molar refractivity (Wildman–Crippen MR) is 130 cm³/mol. The first-order chi connectivity index (χ1) is 19.3. The van der Waals surface area contributed by atoms with Gasteiger partial charge in [-0.1, -0.05) is 38.8 Å². The van der Waals surface area contributed by atoms with E-state index in [-0.39, 0.29) is 24.7 Å². The minimum absolute atomic E-state index is 0.00469. The van der Waals surface area contributed by atoms with Gasteiger partial charge in [0.25, 0.3) is 0 Å². The van der Waals surface area contributed by atoms with E-state index >= 15 is 0 Å². The zero-order valence-corrected chi connectivity index (χ0v) is 22.0. The molecule has 4 rings (SSSR count). The third-order valence-electron chi connectivity index (χ3n) is 6.35. The molecule has 1 aromatic carbocycles. The van der Waals surface area contributed by atoms with E-state index < -0.39 is 53.3 Å². The van der Waals surface area contributed by atoms with E-state index in [1.807, 2.05) is 12.1 Å². The van der Waals surface area contributed by atoms with Gasteiger partial charge < -0.3 is 4.57 Å². The number of hydrogen-bond acceptors (Lipinski definition) is 5. The number of aromatic amines is 1. The van der Waals surface area contributed by atoms with Gasteiger partial charge >= 0.3 is 18.3 Å². The van der Waals surface area contributed by atoms with E-state index in [2.05, 4.69) is 25.5 Å². The maximum absolute atomic E-state index is 14.7. The van der Waals surface area contributed by atoms with Crippen LogP contribution >= 0.6 is 0 Å². The molecule has 0 saturated heterocycles. The lowest BCUT2D eigenvalue weighted by molar-refractivity contribution is -0.143. The number of unbranched alkanes of at least 4 members (excludes halogenated alkanes) is 2. The zero-order chi connectivity index (χ0) is 30.0. The van der Waals surface area contributed by atoms with Gasteiger partial charge in [-0.15, -0.1) is 15.3 Å². The minimum atomic E-state index is -5.16. The summed E-state index contributed by atoms with van der Waals surface area (Å²) in [5.74, 6) is -4.17. The Bertz CT molecular complexity index is 1430. The van der Waals surface area contributed by atoms with Crippen LogP contribution in [0.3, 0.4) is 0 Å². The highest BCUT2D eigenvalue weighted by Gasteiger charge is 2.45. The van der Waals surface area contributed by atoms with Crippen LogP contribution in [0.4, 0.5) is 35.1 Å². The molecule has 1 N–H and O–H groups in total. The standard InChI is InChI=1S/C25H26F8N8/c1-3-5-7-19-34-22(23(26,27)12-6-4-2)37-40(19)14-15-8-10-16(11-9-15)41-18(25(31,32)33)13-17(24(28,29)30)20(41)21-35-38-39-36-21/h8-11,13H,3-7,12,14H2,1-2H3,(H,35,36,38,39). The molecule has 0 radical (unpaired) electrons. The molecule has 0 saturated carbocycles. The molecule has 3 heterocycles. The highest BCUT2D eigenvalue weighted by atomic mass is 19.4. The van der Waals surface area contributed by atoms with Gasteiger partial charge in [-0.05, 0) is 41.8 Å². The molecule has 0 atom stereocenters. The number of nitrogens with zero attached hydrogens (tertiary/aromatic N) is 7. The minimum Gasteiger partial charge on any atom is -0.302 e. The fraction of sp³-hybridized carbons (Fsp3) is 0.480. The first-order valence-corrected chi connectivity index (χ1v) is 12.8. The Labute approximate surface area is 228 Å². The van der Waals surface area contributed by atoms with E-state index in [1.165, 1.54) is 28.9 Å². The first-order valence-electron chi connectivity index (χ1n) is 12.8. The Balaban J connectivity index is 1.74. The number of H-pyrrole nitrogens is 1. The smallest absolute Gasteiger partial charge is 0.302 e. The molecule has 0 aliphatic carbocycles. The number of tetrazole rings is 1. The highest BCUT2D eigenvalue weighted by molar-refractivity contribution is 5.63. The summed E-state index contributed by atoms with van der Waals surface area (Å²) in [6.45, 7) is 3.69. The van der Waals surface area contributed by atoms with Crippen LogP contribution in [0.2, 0.25) is 0 Å². The number of aromatic nitrogens is 8. The van der Waals surface area contributed by atoms with Crippen molar-refractivity contribution in [1.29, 1.82) is 0 Å². The molecule has 41 heavy (non-hydrogen) atoms. The molecule has 0 fully saturated rings. The average molecular weight is 591 g/mol. The lowest BCUT2D eigenvalue weighted by Crippen LogP contribution is -2.16. The molecule has 0 amide bonds. The molecule has 3 aromatic heterocycles. The molecule has 0 aliphatic rings. The largest absolute Gasteiger partial charge is 0.431 e. The maximum Gasteiger partial charge on any atom is 0.431 e. The Morgan fingerprint density at radius 1 is 0.878 bits per heavy atom. The highest BCUT2D eigenvalue weighted by Crippen LogP contribution is 2.44. The molecule has 222 valence electrons. The monoisotopic (exact) mass is 590 g/mol. The second-order valence-electron chi connectivity index (χ2n) is 9.45. The summed E-state index contributed by atoms with van der Waals surface area (Å²) in [5.41, 5.74) is -3.92. The van der Waals surface area contributed by atoms with Crippen LogP contribution in [0.5, 0.6) is 0 Å². The SMILES string of the molecule is CCCCc1nc(C(F)(F)CCCC)nn1Cc1ccc(-n2c(C(F)(F)F)cc(C(F)(F)F)c2-c2nn[nH]n2)cc1. The van der Waals surface area contributed by atoms with Gasteiger partial charge in [-0.2, -0.15) is 40.3 Å². The number of aryl methyl sites for hydroxylation is 1. The van der Waals surface area contributed by atoms with Crippen molar-refractivity contribution >= 4 is 0 Å². The summed E-state index contributed by atoms with van der Waals surface area (Å²) >= 11 is 0. The van der Waals surface area contributed by atoms with E-state index in [4.69, 9.17) is 0 Å². The molecule has 0 spiro atoms. The van der Waals surface area contributed by atoms with Crippen molar-refractivity contribution in [3.63, 3.8) is 0 Å². The van der Waals surface area contributed by atoms with Crippen molar-refractivity contribution in [1.82, 2.24) is 40.0 Å². The lowest BCUT2D eigenvalue weighted by Gasteiger charge is -2.15. The molecule has 0 aliphatic heterocycles. The molecular formula is C25H26F8N8. The topological polar surface area (TPSA) is 90.1 Å². The summed E-state index contributed by atoms with van der Waals surface area (Å²) in [4.78, 5) is 4.08. The van der Waals surface area contributed by atoms with Crippen molar-refractivity contribution < 1.29 is 35.1 Å². The Morgan fingerprint density at radius 2 is 1.56 bits per heavy atom. The predicted octanol–water partition coefficient (Wildman–Crippen LogP) is 6.96. The normalized spacial score (nSPS) is 12.8. The van der Waals surface area contributed by atoms with Gasteiger partial charge in [0.1, 0.15) is 17.2 Å². The number of alkyl halides is 8. The second kappa shape index (κ2) is 11.6. The Hall–Kier alpha value is -3.85. The van der Waals surface area contributed by atoms with Gasteiger partial charge in [0.05, 0.1) is 12.1 Å². The van der Waals surface area contributed by atoms with E-state index in [1.54, 1.807) is 6.92 Å². The van der Waals surface area contributed by atoms with Gasteiger partial charge in [0.2, 0.25) is 11.6 Å². The number of halogens is 8. The quantitative estimate of drug-likeness (QED) is 0.191. The fourth-order valence-electron chi connectivity index (χ4n) is 4.30. The van der Waals surface area contributed by atoms with Crippen LogP contribution in [-0.4, -0.2) is 40.0 Å². The molecule has 16 heteroatoms. The number of rotatable bonds is 11. The first kappa shape index (κ1) is 30.1. The van der Waals surface area contributed by atoms with Gasteiger partial charge in [0, 0.05) is 18.5 Å². The molecular weight excluding hydrogens is 564 g/mol. The molecule has 0 bridgehead atoms. The summed E-state index contributed by atoms with van der Waals surface area (Å²) in [6.07, 6.45) is -8.02. The van der Waals surface area contributed by atoms with Crippen molar-refractivity contribution in [2.45, 2.75) is 77.2 Å². The van der Waals surface area contributed by atoms with Crippen molar-refractivity contribution in [2.75, 3.05) is 0 Å². The summed E-state index contributed by atoms with van der Waals surface area (Å²) in [5, 5.41) is 16.1. The van der Waals surface area contributed by atoms with E-state index in [9.17, 15) is 35.1 Å². The van der Waals surface area contributed by atoms with Crippen LogP contribution in [0, 0.1) is 0 Å². The molecule has 0 unspecified atom stereocenters. The Morgan fingerprint density at radius 3 is 2.12 bits per heavy atom. The van der Waals surface area contributed by atoms with Crippen LogP contribution < -0.4 is 0 Å². The van der Waals surface area contributed by atoms with Gasteiger partial charge in [-0.3, -0.25) is 0 Å². The second-order valence-corrected chi connectivity index (χ2v) is 9.45. The van der Waals surface area contributed by atoms with Crippen LogP contribution in [-0.2, 0) is 31.2 Å². The van der Waals surface area contributed by atoms with Crippen LogP contribution in [0.25, 0.3) is 17.2 Å². The maximum atomic E-state index is 14.7. The zero-order valence-electron chi connectivity index (χ0n) is 22.0. The summed E-state index contributed by atoms with van der Waals surface area (Å²) < 4.78 is 114. The third-order valence-corrected chi connectivity index (χ3v) is 6.35. The fourth-order valence-corrected chi connectivity index (χ4v) is 4.30. The lowest BCUT2D eigenvalue weighted by atomic mass is 10.1. The van der Waals surface area contributed by atoms with Gasteiger partial charge in [0.15, 0.2) is 0 Å².